The van der Waals surface area contributed by atoms with Crippen molar-refractivity contribution in [2.45, 2.75) is 39.0 Å². The number of carbonyl (C=O) groups is 1. The third-order valence-electron chi connectivity index (χ3n) is 5.81. The van der Waals surface area contributed by atoms with Crippen LogP contribution in [0.3, 0.4) is 0 Å². The van der Waals surface area contributed by atoms with Crippen molar-refractivity contribution in [3.05, 3.63) is 0 Å². The predicted molar refractivity (Wildman–Crippen MR) is 139 cm³/mol. The van der Waals surface area contributed by atoms with E-state index in [4.69, 9.17) is 4.74 Å². The summed E-state index contributed by atoms with van der Waals surface area (Å²) in [5.41, 5.74) is 0. The molecule has 0 amide bonds. The monoisotopic (exact) mass is 473 g/mol. The smallest absolute Gasteiger partial charge is 0.315 e. The van der Waals surface area contributed by atoms with Crippen LogP contribution < -0.4 is 5.32 Å². The first kappa shape index (κ1) is 29.7. The number of carbonyl (C=O) groups excluding carboxylic acids is 1. The summed E-state index contributed by atoms with van der Waals surface area (Å²) >= 11 is 1.64. The lowest BCUT2D eigenvalue weighted by molar-refractivity contribution is -0.139. The summed E-state index contributed by atoms with van der Waals surface area (Å²) < 4.78 is 4.92. The topological polar surface area (TPSA) is 51.1 Å². The minimum atomic E-state index is -0.106. The van der Waals surface area contributed by atoms with Gasteiger partial charge in [-0.1, -0.05) is 0 Å². The maximum Gasteiger partial charge on any atom is 0.315 e. The average molecular weight is 474 g/mol. The normalized spacial score (nSPS) is 14.1. The quantitative estimate of drug-likeness (QED) is 0.137. The van der Waals surface area contributed by atoms with Crippen molar-refractivity contribution in [1.29, 1.82) is 0 Å². The molecule has 8 heteroatoms. The van der Waals surface area contributed by atoms with Crippen molar-refractivity contribution < 1.29 is 9.53 Å². The Hall–Kier alpha value is -0.380. The number of ether oxygens (including phenoxy) is 1. The summed E-state index contributed by atoms with van der Waals surface area (Å²) in [4.78, 5) is 21.2. The Kier molecular flexibility index (Phi) is 18.6. The molecular formula is C24H51N5O2S. The van der Waals surface area contributed by atoms with Crippen molar-refractivity contribution in [2.75, 3.05) is 111 Å². The predicted octanol–water partition coefficient (Wildman–Crippen LogP) is 1.93. The van der Waals surface area contributed by atoms with Gasteiger partial charge in [-0.05, 0) is 113 Å². The van der Waals surface area contributed by atoms with Gasteiger partial charge in [0.25, 0.3) is 0 Å². The first-order valence-corrected chi connectivity index (χ1v) is 13.9. The fourth-order valence-corrected chi connectivity index (χ4v) is 4.35. The lowest BCUT2D eigenvalue weighted by Crippen LogP contribution is -2.29. The second-order valence-corrected chi connectivity index (χ2v) is 10.2. The van der Waals surface area contributed by atoms with E-state index < -0.39 is 0 Å². The molecule has 32 heavy (non-hydrogen) atoms. The Bertz CT molecular complexity index is 454. The van der Waals surface area contributed by atoms with E-state index in [1.165, 1.54) is 84.5 Å². The summed E-state index contributed by atoms with van der Waals surface area (Å²) in [5, 5.41) is 3.46. The average Bonchev–Trinajstić information content (AvgIpc) is 3.58. The fraction of sp³-hybridized carbons (Fsp3) is 0.958. The number of rotatable bonds is 23. The van der Waals surface area contributed by atoms with Crippen molar-refractivity contribution in [3.63, 3.8) is 0 Å². The zero-order valence-corrected chi connectivity index (χ0v) is 22.3. The van der Waals surface area contributed by atoms with E-state index >= 15 is 0 Å². The molecule has 1 rings (SSSR count). The highest BCUT2D eigenvalue weighted by atomic mass is 32.2. The van der Waals surface area contributed by atoms with E-state index in [1.807, 2.05) is 6.92 Å². The highest BCUT2D eigenvalue weighted by Crippen LogP contribution is 2.05. The van der Waals surface area contributed by atoms with Gasteiger partial charge in [-0.15, -0.1) is 11.8 Å². The van der Waals surface area contributed by atoms with Crippen molar-refractivity contribution in [3.8, 4) is 0 Å². The van der Waals surface area contributed by atoms with Crippen LogP contribution in [0.2, 0.25) is 0 Å². The van der Waals surface area contributed by atoms with Gasteiger partial charge in [-0.25, -0.2) is 0 Å². The van der Waals surface area contributed by atoms with Gasteiger partial charge >= 0.3 is 5.97 Å². The number of hydrogen-bond donors (Lipinski definition) is 1. The van der Waals surface area contributed by atoms with E-state index in [9.17, 15) is 4.79 Å². The summed E-state index contributed by atoms with van der Waals surface area (Å²) in [7, 11) is 6.76. The molecule has 1 heterocycles. The van der Waals surface area contributed by atoms with Crippen molar-refractivity contribution in [2.24, 2.45) is 0 Å². The molecule has 0 spiro atoms. The molecule has 0 aromatic heterocycles. The Morgan fingerprint density at radius 2 is 1.41 bits per heavy atom. The SMILES string of the molecule is CCOC(=O)CSCCNCCCN(C)CCCN(C)CCCCN(C)CCCN1CC1. The third-order valence-corrected chi connectivity index (χ3v) is 6.74. The van der Waals surface area contributed by atoms with Gasteiger partial charge < -0.3 is 29.7 Å². The zero-order valence-electron chi connectivity index (χ0n) is 21.4. The van der Waals surface area contributed by atoms with Crippen LogP contribution in [-0.4, -0.2) is 137 Å². The maximum absolute atomic E-state index is 11.2. The summed E-state index contributed by atoms with van der Waals surface area (Å²) in [6, 6.07) is 0. The molecule has 0 atom stereocenters. The molecular weight excluding hydrogens is 422 g/mol. The van der Waals surface area contributed by atoms with E-state index in [0.29, 0.717) is 12.4 Å². The molecule has 190 valence electrons. The molecule has 0 radical (unpaired) electrons. The Balaban J connectivity index is 1.82. The van der Waals surface area contributed by atoms with E-state index in [0.717, 1.165) is 25.4 Å². The van der Waals surface area contributed by atoms with Crippen molar-refractivity contribution >= 4 is 17.7 Å². The Morgan fingerprint density at radius 1 is 0.844 bits per heavy atom. The van der Waals surface area contributed by atoms with Crippen molar-refractivity contribution in [1.82, 2.24) is 24.9 Å². The number of nitrogens with one attached hydrogen (secondary N) is 1. The van der Waals surface area contributed by atoms with Crippen LogP contribution in [0.15, 0.2) is 0 Å². The summed E-state index contributed by atoms with van der Waals surface area (Å²) in [6.07, 6.45) is 6.32. The number of hydrogen-bond acceptors (Lipinski definition) is 8. The van der Waals surface area contributed by atoms with E-state index in [1.54, 1.807) is 11.8 Å². The molecule has 0 aromatic carbocycles. The Labute approximate surface area is 202 Å². The van der Waals surface area contributed by atoms with Gasteiger partial charge in [0, 0.05) is 25.4 Å². The number of esters is 1. The van der Waals surface area contributed by atoms with E-state index in [2.05, 4.69) is 46.1 Å². The molecule has 1 saturated heterocycles. The number of nitrogens with zero attached hydrogens (tertiary/aromatic N) is 4. The number of thioether (sulfide) groups is 1. The highest BCUT2D eigenvalue weighted by molar-refractivity contribution is 7.99. The van der Waals surface area contributed by atoms with Gasteiger partial charge in [-0.2, -0.15) is 0 Å². The van der Waals surface area contributed by atoms with Crippen LogP contribution in [0.5, 0.6) is 0 Å². The van der Waals surface area contributed by atoms with Crippen LogP contribution in [-0.2, 0) is 9.53 Å². The van der Waals surface area contributed by atoms with Crippen LogP contribution in [0.4, 0.5) is 0 Å². The van der Waals surface area contributed by atoms with Crippen LogP contribution in [0, 0.1) is 0 Å². The molecule has 7 nitrogen and oxygen atoms in total. The lowest BCUT2D eigenvalue weighted by Gasteiger charge is -2.21. The summed E-state index contributed by atoms with van der Waals surface area (Å²) in [5.74, 6) is 1.31. The minimum absolute atomic E-state index is 0.106. The highest BCUT2D eigenvalue weighted by Gasteiger charge is 2.15. The van der Waals surface area contributed by atoms with Crippen LogP contribution in [0.1, 0.15) is 39.0 Å². The second kappa shape index (κ2) is 20.0. The minimum Gasteiger partial charge on any atom is -0.465 e. The summed E-state index contributed by atoms with van der Waals surface area (Å²) in [6.45, 7) is 15.4. The molecule has 1 N–H and O–H groups in total. The largest absolute Gasteiger partial charge is 0.465 e. The molecule has 1 aliphatic heterocycles. The van der Waals surface area contributed by atoms with E-state index in [-0.39, 0.29) is 5.97 Å². The van der Waals surface area contributed by atoms with Gasteiger partial charge in [-0.3, -0.25) is 4.79 Å². The van der Waals surface area contributed by atoms with Gasteiger partial charge in [0.1, 0.15) is 0 Å². The maximum atomic E-state index is 11.2. The van der Waals surface area contributed by atoms with Gasteiger partial charge in [0.05, 0.1) is 12.4 Å². The molecule has 0 unspecified atom stereocenters. The molecule has 0 aliphatic carbocycles. The molecule has 0 saturated carbocycles. The van der Waals surface area contributed by atoms with Crippen LogP contribution >= 0.6 is 11.8 Å². The fourth-order valence-electron chi connectivity index (χ4n) is 3.67. The number of unbranched alkanes of at least 4 members (excludes halogenated alkanes) is 1. The Morgan fingerprint density at radius 3 is 2.00 bits per heavy atom. The third kappa shape index (κ3) is 19.1. The molecule has 0 bridgehead atoms. The van der Waals surface area contributed by atoms with Gasteiger partial charge in [0.15, 0.2) is 0 Å². The standard InChI is InChI=1S/C24H51N5O2S/c1-5-31-24(30)23-32-22-12-25-11-8-15-28(4)17-9-16-26(2)13-6-7-14-27(3)18-10-19-29-20-21-29/h25H,5-23H2,1-4H3. The first-order chi connectivity index (χ1) is 15.5. The lowest BCUT2D eigenvalue weighted by atomic mass is 10.2. The molecule has 1 fully saturated rings. The zero-order chi connectivity index (χ0) is 23.4. The van der Waals surface area contributed by atoms with Gasteiger partial charge in [0.2, 0.25) is 0 Å². The molecule has 1 aliphatic rings. The second-order valence-electron chi connectivity index (χ2n) is 9.13. The van der Waals surface area contributed by atoms with Crippen LogP contribution in [0.25, 0.3) is 0 Å². The first-order valence-electron chi connectivity index (χ1n) is 12.7. The molecule has 0 aromatic rings.